The van der Waals surface area contributed by atoms with Gasteiger partial charge >= 0.3 is 6.16 Å². The van der Waals surface area contributed by atoms with E-state index in [1.807, 2.05) is 0 Å². The molecule has 2 aromatic carbocycles. The van der Waals surface area contributed by atoms with E-state index in [1.165, 1.54) is 39.5 Å². The van der Waals surface area contributed by atoms with E-state index in [9.17, 15) is 35.1 Å². The minimum Gasteiger partial charge on any atom is -0.504 e. The number of aliphatic hydroxyl groups excluding tert-OH is 3. The first-order valence-corrected chi connectivity index (χ1v) is 11.1. The number of methoxy groups -OCH3 is 3. The van der Waals surface area contributed by atoms with Crippen LogP contribution in [0.4, 0.5) is 4.79 Å². The Balaban J connectivity index is 1.74. The lowest BCUT2D eigenvalue weighted by Crippen LogP contribution is -2.60. The molecule has 39 heavy (non-hydrogen) atoms. The predicted octanol–water partition coefficient (Wildman–Crippen LogP) is 0.735. The first kappa shape index (κ1) is 27.6. The lowest BCUT2D eigenvalue weighted by atomic mass is 10.0. The molecule has 4 rings (SSSR count). The van der Waals surface area contributed by atoms with Crippen LogP contribution in [-0.4, -0.2) is 89.0 Å². The monoisotopic (exact) mass is 552 g/mol. The average molecular weight is 552 g/mol. The van der Waals surface area contributed by atoms with E-state index in [2.05, 4.69) is 4.74 Å². The number of ether oxygens (including phenoxy) is 6. The first-order valence-electron chi connectivity index (χ1n) is 11.1. The number of phenols is 2. The molecule has 1 fully saturated rings. The summed E-state index contributed by atoms with van der Waals surface area (Å²) in [4.78, 5) is 24.0. The standard InChI is InChI=1S/C24H24O15/c1-33-11-6-8(4-5-10(11)37-22-17(29)16(28)18(30)23(38-22)39-24(31)32)19-21(35-3)15(27)13-12(36-19)7-9(25)20(34-2)14(13)26/h4-7,16-18,22-23,25-26,28-30H,1-3H3,(H,31,32)/t16?,17?,18-,22-,23?/m0/s1. The third-order valence-corrected chi connectivity index (χ3v) is 5.87. The van der Waals surface area contributed by atoms with Crippen molar-refractivity contribution >= 4 is 17.1 Å². The highest BCUT2D eigenvalue weighted by Crippen LogP contribution is 2.44. The van der Waals surface area contributed by atoms with E-state index in [-0.39, 0.29) is 45.3 Å². The molecule has 0 bridgehead atoms. The highest BCUT2D eigenvalue weighted by atomic mass is 16.8. The summed E-state index contributed by atoms with van der Waals surface area (Å²) in [5, 5.41) is 59.4. The molecular weight excluding hydrogens is 528 g/mol. The Morgan fingerprint density at radius 1 is 0.872 bits per heavy atom. The highest BCUT2D eigenvalue weighted by molar-refractivity contribution is 5.91. The van der Waals surface area contributed by atoms with Crippen LogP contribution < -0.4 is 24.4 Å². The molecule has 0 amide bonds. The summed E-state index contributed by atoms with van der Waals surface area (Å²) in [6.07, 6.45) is -10.9. The van der Waals surface area contributed by atoms with Gasteiger partial charge < -0.3 is 58.7 Å². The van der Waals surface area contributed by atoms with Crippen LogP contribution in [0.2, 0.25) is 0 Å². The Hall–Kier alpha value is -4.44. The van der Waals surface area contributed by atoms with Gasteiger partial charge in [0.25, 0.3) is 0 Å². The molecule has 0 radical (unpaired) electrons. The Morgan fingerprint density at radius 2 is 1.54 bits per heavy atom. The number of phenolic OH excluding ortho intramolecular Hbond substituents is 2. The van der Waals surface area contributed by atoms with Crippen LogP contribution >= 0.6 is 0 Å². The molecule has 210 valence electrons. The van der Waals surface area contributed by atoms with E-state index in [4.69, 9.17) is 33.2 Å². The van der Waals surface area contributed by atoms with Crippen molar-refractivity contribution in [2.24, 2.45) is 0 Å². The molecule has 15 nitrogen and oxygen atoms in total. The fourth-order valence-electron chi connectivity index (χ4n) is 4.01. The normalized spacial score (nSPS) is 22.8. The minimum absolute atomic E-state index is 0.00448. The SMILES string of the molecule is COc1cc(-c2oc3cc(O)c(OC)c(O)c3c(=O)c2OC)ccc1O[C@H]1OC(OC(=O)O)[C@@H](O)C(O)C1O. The average Bonchev–Trinajstić information content (AvgIpc) is 2.89. The molecule has 0 spiro atoms. The van der Waals surface area contributed by atoms with Crippen molar-refractivity contribution in [3.05, 3.63) is 34.5 Å². The number of benzene rings is 2. The molecule has 2 heterocycles. The van der Waals surface area contributed by atoms with Crippen molar-refractivity contribution in [3.63, 3.8) is 0 Å². The second kappa shape index (κ2) is 10.7. The van der Waals surface area contributed by atoms with Gasteiger partial charge in [-0.25, -0.2) is 4.79 Å². The van der Waals surface area contributed by atoms with Gasteiger partial charge in [-0.3, -0.25) is 9.53 Å². The van der Waals surface area contributed by atoms with Crippen LogP contribution in [0.3, 0.4) is 0 Å². The smallest absolute Gasteiger partial charge is 0.504 e. The van der Waals surface area contributed by atoms with Gasteiger partial charge in [0.1, 0.15) is 29.3 Å². The summed E-state index contributed by atoms with van der Waals surface area (Å²) in [7, 11) is 3.68. The molecule has 1 aliphatic rings. The molecular formula is C24H24O15. The zero-order valence-electron chi connectivity index (χ0n) is 20.6. The number of carbonyl (C=O) groups is 1. The quantitative estimate of drug-likeness (QED) is 0.222. The predicted molar refractivity (Wildman–Crippen MR) is 127 cm³/mol. The molecule has 15 heteroatoms. The van der Waals surface area contributed by atoms with Crippen LogP contribution in [0, 0.1) is 0 Å². The van der Waals surface area contributed by atoms with Gasteiger partial charge in [0.2, 0.25) is 29.5 Å². The summed E-state index contributed by atoms with van der Waals surface area (Å²) in [5.41, 5.74) is -0.723. The van der Waals surface area contributed by atoms with Gasteiger partial charge in [0.05, 0.1) is 21.3 Å². The number of hydrogen-bond donors (Lipinski definition) is 6. The Bertz CT molecular complexity index is 1450. The zero-order chi connectivity index (χ0) is 28.6. The van der Waals surface area contributed by atoms with E-state index < -0.39 is 54.0 Å². The lowest BCUT2D eigenvalue weighted by Gasteiger charge is -2.39. The molecule has 0 saturated carbocycles. The topological polar surface area (TPSA) is 224 Å². The third-order valence-electron chi connectivity index (χ3n) is 5.87. The van der Waals surface area contributed by atoms with Crippen molar-refractivity contribution in [1.29, 1.82) is 0 Å². The van der Waals surface area contributed by atoms with Crippen molar-refractivity contribution in [2.45, 2.75) is 30.9 Å². The van der Waals surface area contributed by atoms with Crippen molar-refractivity contribution in [1.82, 2.24) is 0 Å². The van der Waals surface area contributed by atoms with Crippen LogP contribution in [0.5, 0.6) is 34.5 Å². The summed E-state index contributed by atoms with van der Waals surface area (Å²) in [6, 6.07) is 5.17. The van der Waals surface area contributed by atoms with Gasteiger partial charge in [0.15, 0.2) is 28.8 Å². The van der Waals surface area contributed by atoms with E-state index in [0.717, 1.165) is 6.07 Å². The Kier molecular flexibility index (Phi) is 7.60. The number of carboxylic acid groups (broad SMARTS) is 1. The number of fused-ring (bicyclic) bond motifs is 1. The van der Waals surface area contributed by atoms with Crippen molar-refractivity contribution in [3.8, 4) is 45.8 Å². The highest BCUT2D eigenvalue weighted by Gasteiger charge is 2.47. The molecule has 3 unspecified atom stereocenters. The molecule has 1 aromatic heterocycles. The summed E-state index contributed by atoms with van der Waals surface area (Å²) in [6.45, 7) is 0. The summed E-state index contributed by atoms with van der Waals surface area (Å²) >= 11 is 0. The number of aromatic hydroxyl groups is 2. The van der Waals surface area contributed by atoms with E-state index >= 15 is 0 Å². The van der Waals surface area contributed by atoms with Crippen LogP contribution in [0.25, 0.3) is 22.3 Å². The van der Waals surface area contributed by atoms with Gasteiger partial charge in [-0.1, -0.05) is 0 Å². The molecule has 5 atom stereocenters. The Labute approximate surface area is 218 Å². The summed E-state index contributed by atoms with van der Waals surface area (Å²) in [5.74, 6) is -1.91. The third kappa shape index (κ3) is 4.90. The maximum Gasteiger partial charge on any atom is 0.508 e. The van der Waals surface area contributed by atoms with E-state index in [1.54, 1.807) is 0 Å². The second-order valence-electron chi connectivity index (χ2n) is 8.16. The zero-order valence-corrected chi connectivity index (χ0v) is 20.6. The second-order valence-corrected chi connectivity index (χ2v) is 8.16. The van der Waals surface area contributed by atoms with Gasteiger partial charge in [-0.05, 0) is 18.2 Å². The van der Waals surface area contributed by atoms with Crippen LogP contribution in [-0.2, 0) is 9.47 Å². The minimum atomic E-state index is -1.89. The fourth-order valence-corrected chi connectivity index (χ4v) is 4.01. The van der Waals surface area contributed by atoms with Gasteiger partial charge in [0, 0.05) is 11.6 Å². The lowest BCUT2D eigenvalue weighted by molar-refractivity contribution is -0.321. The first-order chi connectivity index (χ1) is 18.5. The molecule has 0 aliphatic carbocycles. The largest absolute Gasteiger partial charge is 0.508 e. The van der Waals surface area contributed by atoms with Gasteiger partial charge in [-0.2, -0.15) is 0 Å². The van der Waals surface area contributed by atoms with Crippen molar-refractivity contribution < 1.29 is 68.3 Å². The molecule has 3 aromatic rings. The maximum absolute atomic E-state index is 13.2. The van der Waals surface area contributed by atoms with Gasteiger partial charge in [-0.15, -0.1) is 0 Å². The molecule has 1 aliphatic heterocycles. The fraction of sp³-hybridized carbons (Fsp3) is 0.333. The molecule has 6 N–H and O–H groups in total. The Morgan fingerprint density at radius 3 is 2.15 bits per heavy atom. The number of hydrogen-bond acceptors (Lipinski definition) is 14. The number of aliphatic hydroxyl groups is 3. The number of rotatable bonds is 7. The van der Waals surface area contributed by atoms with E-state index in [0.29, 0.717) is 0 Å². The van der Waals surface area contributed by atoms with Crippen LogP contribution in [0.15, 0.2) is 33.5 Å². The maximum atomic E-state index is 13.2. The van der Waals surface area contributed by atoms with Crippen LogP contribution in [0.1, 0.15) is 0 Å². The van der Waals surface area contributed by atoms with Crippen molar-refractivity contribution in [2.75, 3.05) is 21.3 Å². The molecule has 1 saturated heterocycles. The summed E-state index contributed by atoms with van der Waals surface area (Å²) < 4.78 is 36.4.